The molecule has 0 bridgehead atoms. The topological polar surface area (TPSA) is 56.0 Å². The van der Waals surface area contributed by atoms with E-state index in [9.17, 15) is 0 Å². The van der Waals surface area contributed by atoms with Gasteiger partial charge in [0.2, 0.25) is 4.96 Å². The van der Waals surface area contributed by atoms with Crippen LogP contribution in [0.4, 0.5) is 0 Å². The maximum Gasteiger partial charge on any atom is 0.235 e. The predicted molar refractivity (Wildman–Crippen MR) is 83.4 cm³/mol. The van der Waals surface area contributed by atoms with Crippen LogP contribution in [0.15, 0.2) is 36.4 Å². The van der Waals surface area contributed by atoms with Gasteiger partial charge < -0.3 is 0 Å². The molecule has 0 unspecified atom stereocenters. The molecule has 104 valence electrons. The summed E-state index contributed by atoms with van der Waals surface area (Å²) < 4.78 is 1.83. The maximum absolute atomic E-state index is 4.68. The van der Waals surface area contributed by atoms with E-state index in [0.29, 0.717) is 0 Å². The van der Waals surface area contributed by atoms with E-state index < -0.39 is 0 Å². The Morgan fingerprint density at radius 2 is 2.00 bits per heavy atom. The average molecular weight is 295 g/mol. The van der Waals surface area contributed by atoms with E-state index in [1.54, 1.807) is 0 Å². The SMILES string of the molecule is CCCc1nnc2sc(-c3ccc4ccccc4n3)nn12. The fourth-order valence-corrected chi connectivity index (χ4v) is 3.15. The molecule has 0 aliphatic heterocycles. The molecule has 0 saturated carbocycles. The van der Waals surface area contributed by atoms with E-state index in [-0.39, 0.29) is 0 Å². The van der Waals surface area contributed by atoms with E-state index in [4.69, 9.17) is 0 Å². The summed E-state index contributed by atoms with van der Waals surface area (Å²) in [7, 11) is 0. The normalized spacial score (nSPS) is 11.5. The molecule has 6 heteroatoms. The number of fused-ring (bicyclic) bond motifs is 2. The second kappa shape index (κ2) is 4.89. The van der Waals surface area contributed by atoms with Crippen molar-refractivity contribution in [3.05, 3.63) is 42.2 Å². The lowest BCUT2D eigenvalue weighted by molar-refractivity contribution is 0.778. The third-order valence-electron chi connectivity index (χ3n) is 3.35. The zero-order valence-electron chi connectivity index (χ0n) is 11.5. The van der Waals surface area contributed by atoms with Gasteiger partial charge in [-0.3, -0.25) is 0 Å². The standard InChI is InChI=1S/C15H13N5S/c1-2-5-13-17-18-15-20(13)19-14(21-15)12-9-8-10-6-3-4-7-11(10)16-12/h3-4,6-9H,2,5H2,1H3. The van der Waals surface area contributed by atoms with Crippen LogP contribution in [0.25, 0.3) is 26.6 Å². The van der Waals surface area contributed by atoms with Crippen LogP contribution in [0.3, 0.4) is 0 Å². The molecule has 0 spiro atoms. The molecule has 0 aliphatic carbocycles. The van der Waals surface area contributed by atoms with Crippen molar-refractivity contribution in [1.82, 2.24) is 24.8 Å². The molecule has 3 heterocycles. The summed E-state index contributed by atoms with van der Waals surface area (Å²) in [6, 6.07) is 12.2. The van der Waals surface area contributed by atoms with Gasteiger partial charge in [-0.05, 0) is 18.6 Å². The van der Waals surface area contributed by atoms with Crippen LogP contribution >= 0.6 is 11.3 Å². The molecule has 3 aromatic heterocycles. The van der Waals surface area contributed by atoms with Crippen LogP contribution in [0.5, 0.6) is 0 Å². The highest BCUT2D eigenvalue weighted by atomic mass is 32.1. The van der Waals surface area contributed by atoms with Gasteiger partial charge in [0.05, 0.1) is 5.52 Å². The van der Waals surface area contributed by atoms with Crippen molar-refractivity contribution in [2.24, 2.45) is 0 Å². The van der Waals surface area contributed by atoms with Crippen molar-refractivity contribution in [1.29, 1.82) is 0 Å². The first-order valence-electron chi connectivity index (χ1n) is 6.92. The number of nitrogens with zero attached hydrogens (tertiary/aromatic N) is 5. The summed E-state index contributed by atoms with van der Waals surface area (Å²) in [5.41, 5.74) is 1.86. The zero-order valence-corrected chi connectivity index (χ0v) is 12.3. The van der Waals surface area contributed by atoms with Gasteiger partial charge in [-0.25, -0.2) is 4.98 Å². The molecule has 0 aliphatic rings. The first-order chi connectivity index (χ1) is 10.3. The molecular formula is C15H13N5S. The summed E-state index contributed by atoms with van der Waals surface area (Å²) in [6.07, 6.45) is 1.91. The first-order valence-corrected chi connectivity index (χ1v) is 7.74. The molecule has 5 nitrogen and oxygen atoms in total. The Labute approximate surface area is 125 Å². The molecule has 0 atom stereocenters. The number of aryl methyl sites for hydroxylation is 1. The van der Waals surface area contributed by atoms with E-state index in [2.05, 4.69) is 39.3 Å². The lowest BCUT2D eigenvalue weighted by atomic mass is 10.2. The highest BCUT2D eigenvalue weighted by Gasteiger charge is 2.13. The summed E-state index contributed by atoms with van der Waals surface area (Å²) >= 11 is 1.52. The van der Waals surface area contributed by atoms with Crippen molar-refractivity contribution >= 4 is 27.2 Å². The van der Waals surface area contributed by atoms with Gasteiger partial charge in [-0.15, -0.1) is 10.2 Å². The van der Waals surface area contributed by atoms with Gasteiger partial charge >= 0.3 is 0 Å². The van der Waals surface area contributed by atoms with Gasteiger partial charge in [-0.1, -0.05) is 42.5 Å². The number of pyridine rings is 1. The van der Waals surface area contributed by atoms with Crippen LogP contribution < -0.4 is 0 Å². The van der Waals surface area contributed by atoms with Gasteiger partial charge in [-0.2, -0.15) is 9.61 Å². The highest BCUT2D eigenvalue weighted by molar-refractivity contribution is 7.19. The Kier molecular flexibility index (Phi) is 2.89. The molecule has 0 saturated heterocycles. The molecule has 0 N–H and O–H groups in total. The summed E-state index contributed by atoms with van der Waals surface area (Å²) in [6.45, 7) is 2.12. The fraction of sp³-hybridized carbons (Fsp3) is 0.200. The van der Waals surface area contributed by atoms with Crippen LogP contribution in [-0.4, -0.2) is 24.8 Å². The van der Waals surface area contributed by atoms with Crippen molar-refractivity contribution < 1.29 is 0 Å². The van der Waals surface area contributed by atoms with Gasteiger partial charge in [0.1, 0.15) is 5.69 Å². The summed E-state index contributed by atoms with van der Waals surface area (Å²) in [4.78, 5) is 5.50. The first kappa shape index (κ1) is 12.4. The number of rotatable bonds is 3. The zero-order chi connectivity index (χ0) is 14.2. The number of benzene rings is 1. The Bertz CT molecular complexity index is 924. The quantitative estimate of drug-likeness (QED) is 0.581. The van der Waals surface area contributed by atoms with Crippen molar-refractivity contribution in [2.75, 3.05) is 0 Å². The van der Waals surface area contributed by atoms with Gasteiger partial charge in [0.15, 0.2) is 10.8 Å². The predicted octanol–water partition coefficient (Wildman–Crippen LogP) is 3.35. The third kappa shape index (κ3) is 2.08. The second-order valence-electron chi connectivity index (χ2n) is 4.86. The maximum atomic E-state index is 4.68. The van der Waals surface area contributed by atoms with Crippen LogP contribution in [-0.2, 0) is 6.42 Å². The molecule has 0 radical (unpaired) electrons. The highest BCUT2D eigenvalue weighted by Crippen LogP contribution is 2.25. The molecule has 1 aromatic carbocycles. The molecule has 4 aromatic rings. The number of para-hydroxylation sites is 1. The van der Waals surface area contributed by atoms with Crippen molar-refractivity contribution in [2.45, 2.75) is 19.8 Å². The molecule has 0 fully saturated rings. The van der Waals surface area contributed by atoms with E-state index >= 15 is 0 Å². The van der Waals surface area contributed by atoms with Crippen molar-refractivity contribution in [3.63, 3.8) is 0 Å². The minimum absolute atomic E-state index is 0.823. The average Bonchev–Trinajstić information content (AvgIpc) is 3.09. The van der Waals surface area contributed by atoms with E-state index in [1.165, 1.54) is 11.3 Å². The number of aromatic nitrogens is 5. The minimum atomic E-state index is 0.823. The number of hydrogen-bond acceptors (Lipinski definition) is 5. The Balaban J connectivity index is 1.83. The lowest BCUT2D eigenvalue weighted by Gasteiger charge is -1.99. The molecule has 21 heavy (non-hydrogen) atoms. The Hall–Kier alpha value is -2.34. The third-order valence-corrected chi connectivity index (χ3v) is 4.27. The Morgan fingerprint density at radius 3 is 2.90 bits per heavy atom. The van der Waals surface area contributed by atoms with Crippen LogP contribution in [0.2, 0.25) is 0 Å². The molecular weight excluding hydrogens is 282 g/mol. The van der Waals surface area contributed by atoms with Crippen molar-refractivity contribution in [3.8, 4) is 10.7 Å². The Morgan fingerprint density at radius 1 is 1.10 bits per heavy atom. The smallest absolute Gasteiger partial charge is 0.235 e. The lowest BCUT2D eigenvalue weighted by Crippen LogP contribution is -1.95. The monoisotopic (exact) mass is 295 g/mol. The van der Waals surface area contributed by atoms with Gasteiger partial charge in [0, 0.05) is 11.8 Å². The summed E-state index contributed by atoms with van der Waals surface area (Å²) in [5.74, 6) is 0.913. The minimum Gasteiger partial charge on any atom is -0.245 e. The fourth-order valence-electron chi connectivity index (χ4n) is 2.33. The molecule has 0 amide bonds. The number of hydrogen-bond donors (Lipinski definition) is 0. The van der Waals surface area contributed by atoms with Crippen LogP contribution in [0.1, 0.15) is 19.2 Å². The largest absolute Gasteiger partial charge is 0.245 e. The van der Waals surface area contributed by atoms with Gasteiger partial charge in [0.25, 0.3) is 0 Å². The van der Waals surface area contributed by atoms with E-state index in [0.717, 1.165) is 45.2 Å². The molecule has 4 rings (SSSR count). The summed E-state index contributed by atoms with van der Waals surface area (Å²) in [5, 5.41) is 15.0. The second-order valence-corrected chi connectivity index (χ2v) is 5.81. The van der Waals surface area contributed by atoms with E-state index in [1.807, 2.05) is 28.8 Å². The van der Waals surface area contributed by atoms with Crippen LogP contribution in [0, 0.1) is 0 Å².